The Balaban J connectivity index is 1.89. The Kier molecular flexibility index (Phi) is 5.73. The molecule has 1 fully saturated rings. The lowest BCUT2D eigenvalue weighted by molar-refractivity contribution is 0.378. The summed E-state index contributed by atoms with van der Waals surface area (Å²) in [6, 6.07) is 4.96. The van der Waals surface area contributed by atoms with E-state index in [1.807, 2.05) is 0 Å². The average molecular weight is 347 g/mol. The number of aromatic nitrogens is 3. The fourth-order valence-corrected chi connectivity index (χ4v) is 2.99. The van der Waals surface area contributed by atoms with Crippen molar-refractivity contribution >= 4 is 11.8 Å². The van der Waals surface area contributed by atoms with Crippen LogP contribution in [0.15, 0.2) is 24.4 Å². The Morgan fingerprint density at radius 3 is 2.72 bits per heavy atom. The van der Waals surface area contributed by atoms with Crippen molar-refractivity contribution < 1.29 is 8.78 Å². The largest absolute Gasteiger partial charge is 0.367 e. The number of hydrogen-bond donors (Lipinski definition) is 2. The molecule has 7 heteroatoms. The molecule has 0 spiro atoms. The van der Waals surface area contributed by atoms with E-state index in [-0.39, 0.29) is 6.54 Å². The molecule has 1 unspecified atom stereocenters. The molecule has 1 atom stereocenters. The fraction of sp³-hybridized carbons (Fsp3) is 0.500. The van der Waals surface area contributed by atoms with Crippen molar-refractivity contribution in [2.75, 3.05) is 17.2 Å². The van der Waals surface area contributed by atoms with Crippen LogP contribution in [-0.2, 0) is 0 Å². The van der Waals surface area contributed by atoms with Gasteiger partial charge in [0, 0.05) is 18.8 Å². The third-order valence-electron chi connectivity index (χ3n) is 4.27. The van der Waals surface area contributed by atoms with Crippen LogP contribution in [0, 0.1) is 5.95 Å². The molecule has 0 bridgehead atoms. The molecule has 2 heterocycles. The molecule has 0 aliphatic heterocycles. The number of halogens is 2. The van der Waals surface area contributed by atoms with Crippen molar-refractivity contribution in [3.63, 3.8) is 0 Å². The van der Waals surface area contributed by atoms with Gasteiger partial charge in [0.05, 0.1) is 11.3 Å². The Morgan fingerprint density at radius 2 is 2.00 bits per heavy atom. The van der Waals surface area contributed by atoms with Crippen molar-refractivity contribution in [2.24, 2.45) is 0 Å². The van der Waals surface area contributed by atoms with Crippen LogP contribution in [0.4, 0.5) is 20.5 Å². The van der Waals surface area contributed by atoms with Gasteiger partial charge in [0.1, 0.15) is 12.0 Å². The molecule has 134 valence electrons. The minimum Gasteiger partial charge on any atom is -0.367 e. The standard InChI is InChI=1S/C18H23F2N5/c1-12(19)10-21-18-22-11-14(15-8-5-9-16(20)24-15)17(25-18)23-13-6-3-2-4-7-13/h5,8-9,11-13H,2-4,6-7,10H2,1H3,(H2,21,22,23,25). The van der Waals surface area contributed by atoms with E-state index in [2.05, 4.69) is 25.6 Å². The molecule has 0 saturated heterocycles. The number of nitrogens with one attached hydrogen (secondary N) is 2. The lowest BCUT2D eigenvalue weighted by Crippen LogP contribution is -2.24. The topological polar surface area (TPSA) is 62.7 Å². The van der Waals surface area contributed by atoms with Crippen LogP contribution >= 0.6 is 0 Å². The quantitative estimate of drug-likeness (QED) is 0.767. The van der Waals surface area contributed by atoms with E-state index < -0.39 is 12.1 Å². The van der Waals surface area contributed by atoms with Gasteiger partial charge in [-0.2, -0.15) is 9.37 Å². The molecule has 3 rings (SSSR count). The maximum Gasteiger partial charge on any atom is 0.224 e. The number of hydrogen-bond acceptors (Lipinski definition) is 5. The molecule has 25 heavy (non-hydrogen) atoms. The van der Waals surface area contributed by atoms with E-state index >= 15 is 0 Å². The van der Waals surface area contributed by atoms with Gasteiger partial charge in [0.15, 0.2) is 0 Å². The molecule has 1 aliphatic carbocycles. The van der Waals surface area contributed by atoms with E-state index in [0.717, 1.165) is 12.8 Å². The average Bonchev–Trinajstić information content (AvgIpc) is 2.61. The summed E-state index contributed by atoms with van der Waals surface area (Å²) in [7, 11) is 0. The van der Waals surface area contributed by atoms with Crippen molar-refractivity contribution in [1.82, 2.24) is 15.0 Å². The Morgan fingerprint density at radius 1 is 1.20 bits per heavy atom. The highest BCUT2D eigenvalue weighted by Gasteiger charge is 2.18. The summed E-state index contributed by atoms with van der Waals surface area (Å²) in [4.78, 5) is 12.6. The summed E-state index contributed by atoms with van der Waals surface area (Å²) in [5.74, 6) is 0.409. The third kappa shape index (κ3) is 4.84. The molecule has 0 aromatic carbocycles. The second kappa shape index (κ2) is 8.18. The van der Waals surface area contributed by atoms with Crippen molar-refractivity contribution in [1.29, 1.82) is 0 Å². The van der Waals surface area contributed by atoms with E-state index in [4.69, 9.17) is 0 Å². The zero-order valence-electron chi connectivity index (χ0n) is 14.3. The van der Waals surface area contributed by atoms with Gasteiger partial charge in [-0.05, 0) is 31.9 Å². The number of nitrogens with zero attached hydrogens (tertiary/aromatic N) is 3. The minimum atomic E-state index is -0.997. The normalized spacial score (nSPS) is 16.4. The third-order valence-corrected chi connectivity index (χ3v) is 4.27. The molecule has 0 amide bonds. The van der Waals surface area contributed by atoms with Gasteiger partial charge < -0.3 is 10.6 Å². The Bertz CT molecular complexity index is 702. The van der Waals surface area contributed by atoms with Gasteiger partial charge in [0.25, 0.3) is 0 Å². The van der Waals surface area contributed by atoms with Gasteiger partial charge in [-0.3, -0.25) is 0 Å². The summed E-state index contributed by atoms with van der Waals surface area (Å²) in [5, 5.41) is 6.33. The first-order valence-corrected chi connectivity index (χ1v) is 8.76. The summed E-state index contributed by atoms with van der Waals surface area (Å²) < 4.78 is 26.6. The summed E-state index contributed by atoms with van der Waals surface area (Å²) in [6.45, 7) is 1.61. The first kappa shape index (κ1) is 17.5. The van der Waals surface area contributed by atoms with E-state index in [9.17, 15) is 8.78 Å². The molecule has 2 N–H and O–H groups in total. The monoisotopic (exact) mass is 347 g/mol. The van der Waals surface area contributed by atoms with Gasteiger partial charge >= 0.3 is 0 Å². The van der Waals surface area contributed by atoms with Crippen LogP contribution in [0.3, 0.4) is 0 Å². The zero-order valence-corrected chi connectivity index (χ0v) is 14.3. The fourth-order valence-electron chi connectivity index (χ4n) is 2.99. The van der Waals surface area contributed by atoms with E-state index in [0.29, 0.717) is 29.1 Å². The van der Waals surface area contributed by atoms with Crippen LogP contribution in [-0.4, -0.2) is 33.7 Å². The van der Waals surface area contributed by atoms with Crippen LogP contribution in [0.2, 0.25) is 0 Å². The SMILES string of the molecule is CC(F)CNc1ncc(-c2cccc(F)n2)c(NC2CCCCC2)n1. The molecule has 1 aliphatic rings. The maximum absolute atomic E-state index is 13.5. The molecule has 2 aromatic heterocycles. The smallest absolute Gasteiger partial charge is 0.224 e. The first-order valence-electron chi connectivity index (χ1n) is 8.76. The zero-order chi connectivity index (χ0) is 17.6. The minimum absolute atomic E-state index is 0.139. The van der Waals surface area contributed by atoms with Gasteiger partial charge in [-0.15, -0.1) is 0 Å². The van der Waals surface area contributed by atoms with E-state index in [1.54, 1.807) is 18.3 Å². The highest BCUT2D eigenvalue weighted by molar-refractivity contribution is 5.72. The molecule has 2 aromatic rings. The number of alkyl halides is 1. The lowest BCUT2D eigenvalue weighted by atomic mass is 9.95. The maximum atomic E-state index is 13.5. The van der Waals surface area contributed by atoms with Gasteiger partial charge in [-0.25, -0.2) is 14.4 Å². The highest BCUT2D eigenvalue weighted by atomic mass is 19.1. The molecular weight excluding hydrogens is 324 g/mol. The van der Waals surface area contributed by atoms with Gasteiger partial charge in [0.2, 0.25) is 11.9 Å². The molecular formula is C18H23F2N5. The van der Waals surface area contributed by atoms with Crippen molar-refractivity contribution in [3.8, 4) is 11.3 Å². The summed E-state index contributed by atoms with van der Waals surface area (Å²) in [6.07, 6.45) is 6.37. The van der Waals surface area contributed by atoms with Crippen LogP contribution in [0.25, 0.3) is 11.3 Å². The number of pyridine rings is 1. The molecule has 1 saturated carbocycles. The summed E-state index contributed by atoms with van der Waals surface area (Å²) >= 11 is 0. The second-order valence-corrected chi connectivity index (χ2v) is 6.44. The van der Waals surface area contributed by atoms with E-state index in [1.165, 1.54) is 32.3 Å². The van der Waals surface area contributed by atoms with Crippen molar-refractivity contribution in [3.05, 3.63) is 30.3 Å². The van der Waals surface area contributed by atoms with Crippen molar-refractivity contribution in [2.45, 2.75) is 51.2 Å². The first-order chi connectivity index (χ1) is 12.1. The number of rotatable bonds is 6. The predicted molar refractivity (Wildman–Crippen MR) is 94.8 cm³/mol. The molecule has 5 nitrogen and oxygen atoms in total. The second-order valence-electron chi connectivity index (χ2n) is 6.44. The van der Waals surface area contributed by atoms with Crippen LogP contribution < -0.4 is 10.6 Å². The predicted octanol–water partition coefficient (Wildman–Crippen LogP) is 4.19. The Hall–Kier alpha value is -2.31. The van der Waals surface area contributed by atoms with Gasteiger partial charge in [-0.1, -0.05) is 25.3 Å². The highest BCUT2D eigenvalue weighted by Crippen LogP contribution is 2.28. The molecule has 0 radical (unpaired) electrons. The van der Waals surface area contributed by atoms with Crippen LogP contribution in [0.5, 0.6) is 0 Å². The Labute approximate surface area is 146 Å². The van der Waals surface area contributed by atoms with Crippen LogP contribution in [0.1, 0.15) is 39.0 Å². The summed E-state index contributed by atoms with van der Waals surface area (Å²) in [5.41, 5.74) is 1.12. The number of anilines is 2. The lowest BCUT2D eigenvalue weighted by Gasteiger charge is -2.24.